The Bertz CT molecular complexity index is 1790. The zero-order valence-corrected chi connectivity index (χ0v) is 31.2. The maximum absolute atomic E-state index is 11.9. The Hall–Kier alpha value is -2.99. The second-order valence-electron chi connectivity index (χ2n) is 18.9. The molecule has 0 aromatic heterocycles. The Labute approximate surface area is 303 Å². The molecule has 10 aliphatic rings. The number of ether oxygens (including phenoxy) is 2. The normalized spacial score (nSPS) is 47.2. The van der Waals surface area contributed by atoms with E-state index in [-0.39, 0.29) is 57.2 Å². The molecule has 1 N–H and O–H groups in total. The lowest BCUT2D eigenvalue weighted by Gasteiger charge is -2.54. The van der Waals surface area contributed by atoms with Gasteiger partial charge in [-0.25, -0.2) is 0 Å². The third kappa shape index (κ3) is 4.53. The van der Waals surface area contributed by atoms with Gasteiger partial charge in [-0.1, -0.05) is 75.3 Å². The molecule has 0 bridgehead atoms. The van der Waals surface area contributed by atoms with Crippen molar-refractivity contribution in [3.8, 4) is 0 Å². The number of ketones is 1. The Balaban J connectivity index is 0.000000137. The molecule has 6 heteroatoms. The van der Waals surface area contributed by atoms with Crippen LogP contribution in [0.15, 0.2) is 70.4 Å². The average Bonchev–Trinajstić information content (AvgIpc) is 3.85. The fourth-order valence-corrected chi connectivity index (χ4v) is 13.7. The zero-order chi connectivity index (χ0) is 35.6. The van der Waals surface area contributed by atoms with E-state index in [4.69, 9.17) is 9.47 Å². The van der Waals surface area contributed by atoms with Gasteiger partial charge in [0.25, 0.3) is 0 Å². The van der Waals surface area contributed by atoms with Crippen LogP contribution in [0.5, 0.6) is 0 Å². The van der Waals surface area contributed by atoms with Gasteiger partial charge in [-0.3, -0.25) is 14.4 Å². The number of aliphatic hydroxyl groups is 1. The van der Waals surface area contributed by atoms with Crippen molar-refractivity contribution in [2.45, 2.75) is 135 Å². The number of allylic oxidation sites excluding steroid dienone is 11. The first kappa shape index (κ1) is 33.8. The Morgan fingerprint density at radius 3 is 1.94 bits per heavy atom. The van der Waals surface area contributed by atoms with E-state index in [1.165, 1.54) is 28.7 Å². The minimum absolute atomic E-state index is 0.00777. The lowest BCUT2D eigenvalue weighted by molar-refractivity contribution is -0.160. The van der Waals surface area contributed by atoms with Gasteiger partial charge in [0, 0.05) is 46.8 Å². The van der Waals surface area contributed by atoms with Crippen LogP contribution in [-0.2, 0) is 23.9 Å². The van der Waals surface area contributed by atoms with Crippen LogP contribution in [0, 0.1) is 45.3 Å². The molecule has 8 aliphatic carbocycles. The smallest absolute Gasteiger partial charge is 0.306 e. The van der Waals surface area contributed by atoms with Crippen LogP contribution in [0.3, 0.4) is 0 Å². The molecule has 0 amide bonds. The molecule has 2 saturated carbocycles. The van der Waals surface area contributed by atoms with E-state index in [2.05, 4.69) is 64.2 Å². The highest BCUT2D eigenvalue weighted by molar-refractivity contribution is 5.92. The molecule has 0 radical (unpaired) electrons. The zero-order valence-electron chi connectivity index (χ0n) is 31.2. The molecule has 0 aromatic rings. The molecule has 2 saturated heterocycles. The summed E-state index contributed by atoms with van der Waals surface area (Å²) in [6, 6.07) is 0. The minimum atomic E-state index is -0.246. The van der Waals surface area contributed by atoms with Gasteiger partial charge in [0.1, 0.15) is 11.2 Å². The summed E-state index contributed by atoms with van der Waals surface area (Å²) < 4.78 is 12.0. The fraction of sp³-hybridized carbons (Fsp3) is 0.667. The molecule has 4 fully saturated rings. The third-order valence-electron chi connectivity index (χ3n) is 17.0. The first-order valence-corrected chi connectivity index (χ1v) is 20.1. The fourth-order valence-electron chi connectivity index (χ4n) is 13.7. The molecule has 10 atom stereocenters. The van der Waals surface area contributed by atoms with Crippen LogP contribution in [0.1, 0.15) is 124 Å². The molecular weight excluding hydrogens is 636 g/mol. The summed E-state index contributed by atoms with van der Waals surface area (Å²) >= 11 is 0. The predicted octanol–water partition coefficient (Wildman–Crippen LogP) is 8.76. The van der Waals surface area contributed by atoms with Crippen molar-refractivity contribution in [1.82, 2.24) is 0 Å². The van der Waals surface area contributed by atoms with Crippen molar-refractivity contribution >= 4 is 17.7 Å². The second-order valence-corrected chi connectivity index (χ2v) is 18.9. The highest BCUT2D eigenvalue weighted by Crippen LogP contribution is 2.69. The standard InChI is InChI=1S/C23H30O3.C22H26O3/c1-21-9-5-15(14-24)13-16(21)3-4-17-18(21)6-10-22(2)19(17)7-11-23(22)12-8-20(25)26-23;1-20-9-5-15(23)13-14(20)3-4-16-17(20)6-10-21(2)18(16)7-11-22(21)12-8-19(24)25-22/h3,6,13,17,19,24H,4-5,7-12,14H2,1-2H3;3-4,6,13,16,18H,5,7-12H2,1-2H3/t17?,19?,21-,22-,23+;16?,18?,20-,21-,22+/m00/s1. The van der Waals surface area contributed by atoms with Crippen LogP contribution in [-0.4, -0.2) is 40.6 Å². The van der Waals surface area contributed by atoms with Gasteiger partial charge in [0.15, 0.2) is 5.78 Å². The van der Waals surface area contributed by atoms with E-state index in [1.54, 1.807) is 5.57 Å². The maximum Gasteiger partial charge on any atom is 0.306 e. The molecule has 2 spiro atoms. The highest BCUT2D eigenvalue weighted by atomic mass is 16.6. The summed E-state index contributed by atoms with van der Waals surface area (Å²) in [7, 11) is 0. The predicted molar refractivity (Wildman–Crippen MR) is 195 cm³/mol. The quantitative estimate of drug-likeness (QED) is 0.218. The van der Waals surface area contributed by atoms with Crippen LogP contribution in [0.2, 0.25) is 0 Å². The first-order chi connectivity index (χ1) is 24.3. The molecule has 2 aliphatic heterocycles. The number of fused-ring (bicyclic) bond motifs is 12. The third-order valence-corrected chi connectivity index (χ3v) is 17.0. The summed E-state index contributed by atoms with van der Waals surface area (Å²) in [5.74, 6) is 2.41. The first-order valence-electron chi connectivity index (χ1n) is 20.1. The van der Waals surface area contributed by atoms with Crippen molar-refractivity contribution in [1.29, 1.82) is 0 Å². The van der Waals surface area contributed by atoms with Crippen molar-refractivity contribution in [2.75, 3.05) is 6.61 Å². The number of aliphatic hydroxyl groups excluding tert-OH is 1. The van der Waals surface area contributed by atoms with Gasteiger partial charge in [-0.15, -0.1) is 0 Å². The lowest BCUT2D eigenvalue weighted by atomic mass is 9.51. The summed E-state index contributed by atoms with van der Waals surface area (Å²) in [5.41, 5.74) is 6.74. The van der Waals surface area contributed by atoms with Crippen LogP contribution >= 0.6 is 0 Å². The van der Waals surface area contributed by atoms with Gasteiger partial charge in [0.05, 0.1) is 6.61 Å². The van der Waals surface area contributed by atoms with Crippen molar-refractivity contribution in [3.63, 3.8) is 0 Å². The summed E-state index contributed by atoms with van der Waals surface area (Å²) in [4.78, 5) is 35.7. The summed E-state index contributed by atoms with van der Waals surface area (Å²) in [6.45, 7) is 9.65. The molecule has 51 heavy (non-hydrogen) atoms. The van der Waals surface area contributed by atoms with E-state index in [0.717, 1.165) is 70.6 Å². The number of carbonyl (C=O) groups excluding carboxylic acids is 3. The van der Waals surface area contributed by atoms with Gasteiger partial charge in [-0.05, 0) is 118 Å². The monoisotopic (exact) mass is 692 g/mol. The molecule has 0 aromatic carbocycles. The molecule has 10 rings (SSSR count). The van der Waals surface area contributed by atoms with Crippen LogP contribution in [0.4, 0.5) is 0 Å². The van der Waals surface area contributed by atoms with E-state index < -0.39 is 0 Å². The number of hydrogen-bond acceptors (Lipinski definition) is 6. The Kier molecular flexibility index (Phi) is 7.47. The van der Waals surface area contributed by atoms with Crippen LogP contribution < -0.4 is 0 Å². The molecule has 4 unspecified atom stereocenters. The number of rotatable bonds is 1. The van der Waals surface area contributed by atoms with E-state index in [0.29, 0.717) is 42.9 Å². The molecule has 6 nitrogen and oxygen atoms in total. The van der Waals surface area contributed by atoms with E-state index >= 15 is 0 Å². The van der Waals surface area contributed by atoms with E-state index in [9.17, 15) is 19.5 Å². The van der Waals surface area contributed by atoms with Crippen molar-refractivity contribution in [3.05, 3.63) is 70.4 Å². The van der Waals surface area contributed by atoms with Gasteiger partial charge < -0.3 is 14.6 Å². The van der Waals surface area contributed by atoms with Gasteiger partial charge in [-0.2, -0.15) is 0 Å². The topological polar surface area (TPSA) is 89.9 Å². The average molecular weight is 693 g/mol. The number of hydrogen-bond donors (Lipinski definition) is 1. The summed E-state index contributed by atoms with van der Waals surface area (Å²) in [6.07, 6.45) is 30.2. The minimum Gasteiger partial charge on any atom is -0.458 e. The summed E-state index contributed by atoms with van der Waals surface area (Å²) in [5, 5.41) is 9.54. The van der Waals surface area contributed by atoms with Gasteiger partial charge >= 0.3 is 11.9 Å². The number of esters is 2. The highest BCUT2D eigenvalue weighted by Gasteiger charge is 2.66. The molecule has 272 valence electrons. The molecule has 2 heterocycles. The van der Waals surface area contributed by atoms with Crippen molar-refractivity contribution in [2.24, 2.45) is 45.3 Å². The van der Waals surface area contributed by atoms with Gasteiger partial charge in [0.2, 0.25) is 0 Å². The number of carbonyl (C=O) groups is 3. The maximum atomic E-state index is 11.9. The molecular formula is C45H56O6. The van der Waals surface area contributed by atoms with E-state index in [1.807, 2.05) is 6.08 Å². The van der Waals surface area contributed by atoms with Crippen molar-refractivity contribution < 1.29 is 29.0 Å². The SMILES string of the molecule is C[C@]12CCC(=O)C=C1C=CC1C2=CC[C@@]2(C)C1CC[C@@]21CCC(=O)O1.C[C@]12CCC(CO)=CC1=CCC1C2=CC[C@@]2(C)C1CC[C@@]21CCC(=O)O1. The second kappa shape index (κ2) is 11.3. The largest absolute Gasteiger partial charge is 0.458 e. The Morgan fingerprint density at radius 1 is 0.686 bits per heavy atom. The lowest BCUT2D eigenvalue weighted by Crippen LogP contribution is -2.50. The van der Waals surface area contributed by atoms with Crippen LogP contribution in [0.25, 0.3) is 0 Å². The Morgan fingerprint density at radius 2 is 1.29 bits per heavy atom.